The molecule has 0 spiro atoms. The summed E-state index contributed by atoms with van der Waals surface area (Å²) in [4.78, 5) is 38.2. The van der Waals surface area contributed by atoms with E-state index in [4.69, 9.17) is 0 Å². The SMILES string of the molecule is O=C(Nc1cc(NC(=O)c2ccc(F)cc2)cc(C(=O)Nc2ccc(O)cc2)c1)c1ccc(F)cc1. The number of carbonyl (C=O) groups is 3. The second-order valence-electron chi connectivity index (χ2n) is 7.72. The van der Waals surface area contributed by atoms with Crippen LogP contribution in [0.4, 0.5) is 25.8 Å². The van der Waals surface area contributed by atoms with Crippen LogP contribution in [0.3, 0.4) is 0 Å². The molecule has 0 aromatic heterocycles. The number of rotatable bonds is 6. The molecule has 0 heterocycles. The summed E-state index contributed by atoms with van der Waals surface area (Å²) in [7, 11) is 0. The van der Waals surface area contributed by atoms with Crippen LogP contribution in [0.25, 0.3) is 0 Å². The van der Waals surface area contributed by atoms with Crippen LogP contribution in [0, 0.1) is 11.6 Å². The molecule has 9 heteroatoms. The Morgan fingerprint density at radius 3 is 1.33 bits per heavy atom. The van der Waals surface area contributed by atoms with Gasteiger partial charge >= 0.3 is 0 Å². The molecular weight excluding hydrogens is 468 g/mol. The van der Waals surface area contributed by atoms with E-state index in [0.717, 1.165) is 24.3 Å². The second-order valence-corrected chi connectivity index (χ2v) is 7.72. The first-order valence-electron chi connectivity index (χ1n) is 10.7. The maximum atomic E-state index is 13.2. The minimum absolute atomic E-state index is 0.0318. The molecule has 3 amide bonds. The van der Waals surface area contributed by atoms with Gasteiger partial charge in [-0.3, -0.25) is 14.4 Å². The van der Waals surface area contributed by atoms with Gasteiger partial charge in [0, 0.05) is 33.8 Å². The van der Waals surface area contributed by atoms with E-state index in [-0.39, 0.29) is 33.8 Å². The van der Waals surface area contributed by atoms with Gasteiger partial charge in [-0.1, -0.05) is 0 Å². The van der Waals surface area contributed by atoms with E-state index in [1.165, 1.54) is 66.7 Å². The lowest BCUT2D eigenvalue weighted by atomic mass is 10.1. The summed E-state index contributed by atoms with van der Waals surface area (Å²) >= 11 is 0. The number of hydrogen-bond acceptors (Lipinski definition) is 4. The van der Waals surface area contributed by atoms with Crippen molar-refractivity contribution in [1.82, 2.24) is 0 Å². The lowest BCUT2D eigenvalue weighted by Crippen LogP contribution is -2.17. The normalized spacial score (nSPS) is 10.4. The third-order valence-corrected chi connectivity index (χ3v) is 5.05. The van der Waals surface area contributed by atoms with Gasteiger partial charge in [-0.2, -0.15) is 0 Å². The van der Waals surface area contributed by atoms with Crippen molar-refractivity contribution in [1.29, 1.82) is 0 Å². The Bertz CT molecular complexity index is 1340. The van der Waals surface area contributed by atoms with Crippen molar-refractivity contribution in [3.63, 3.8) is 0 Å². The Balaban J connectivity index is 1.62. The van der Waals surface area contributed by atoms with Crippen LogP contribution in [0.2, 0.25) is 0 Å². The van der Waals surface area contributed by atoms with E-state index >= 15 is 0 Å². The Kier molecular flexibility index (Phi) is 7.01. The zero-order chi connectivity index (χ0) is 25.7. The minimum Gasteiger partial charge on any atom is -0.508 e. The van der Waals surface area contributed by atoms with Crippen molar-refractivity contribution >= 4 is 34.8 Å². The van der Waals surface area contributed by atoms with E-state index in [2.05, 4.69) is 16.0 Å². The maximum absolute atomic E-state index is 13.2. The number of carbonyl (C=O) groups excluding carboxylic acids is 3. The summed E-state index contributed by atoms with van der Waals surface area (Å²) in [6.07, 6.45) is 0. The van der Waals surface area contributed by atoms with Gasteiger partial charge in [0.1, 0.15) is 17.4 Å². The fraction of sp³-hybridized carbons (Fsp3) is 0. The standard InChI is InChI=1S/C27H19F2N3O4/c28-19-5-1-16(2-6-19)25(34)31-22-13-18(27(36)30-21-9-11-24(33)12-10-21)14-23(15-22)32-26(35)17-3-7-20(29)8-4-17/h1-15,33H,(H,30,36)(H,31,34)(H,32,35). The molecule has 0 aliphatic rings. The fourth-order valence-electron chi connectivity index (χ4n) is 3.26. The Morgan fingerprint density at radius 1 is 0.500 bits per heavy atom. The number of phenols is 1. The molecule has 180 valence electrons. The number of anilines is 3. The van der Waals surface area contributed by atoms with Crippen molar-refractivity contribution in [2.75, 3.05) is 16.0 Å². The van der Waals surface area contributed by atoms with Crippen LogP contribution in [0.1, 0.15) is 31.1 Å². The molecule has 0 bridgehead atoms. The fourth-order valence-corrected chi connectivity index (χ4v) is 3.26. The van der Waals surface area contributed by atoms with Crippen molar-refractivity contribution in [3.05, 3.63) is 119 Å². The first kappa shape index (κ1) is 24.1. The minimum atomic E-state index is -0.554. The molecule has 0 atom stereocenters. The van der Waals surface area contributed by atoms with Gasteiger partial charge in [0.25, 0.3) is 17.7 Å². The molecule has 0 fully saturated rings. The predicted octanol–water partition coefficient (Wildman–Crippen LogP) is 5.43. The highest BCUT2D eigenvalue weighted by Crippen LogP contribution is 2.23. The second kappa shape index (κ2) is 10.5. The van der Waals surface area contributed by atoms with E-state index in [1.807, 2.05) is 0 Å². The number of phenolic OH excluding ortho intramolecular Hbond substituents is 1. The van der Waals surface area contributed by atoms with Gasteiger partial charge in [0.2, 0.25) is 0 Å². The molecule has 7 nitrogen and oxygen atoms in total. The van der Waals surface area contributed by atoms with Crippen LogP contribution in [-0.2, 0) is 0 Å². The molecule has 4 N–H and O–H groups in total. The highest BCUT2D eigenvalue weighted by Gasteiger charge is 2.14. The number of hydrogen-bond donors (Lipinski definition) is 4. The highest BCUT2D eigenvalue weighted by atomic mass is 19.1. The summed E-state index contributed by atoms with van der Waals surface area (Å²) in [5.41, 5.74) is 1.28. The van der Waals surface area contributed by atoms with Crippen molar-refractivity contribution in [2.45, 2.75) is 0 Å². The first-order chi connectivity index (χ1) is 17.3. The number of halogens is 2. The average Bonchev–Trinajstić information content (AvgIpc) is 2.86. The molecule has 36 heavy (non-hydrogen) atoms. The molecule has 0 radical (unpaired) electrons. The van der Waals surface area contributed by atoms with E-state index in [9.17, 15) is 28.3 Å². The monoisotopic (exact) mass is 487 g/mol. The Hall–Kier alpha value is -5.05. The Labute approximate surface area is 204 Å². The molecule has 0 aliphatic carbocycles. The molecule has 0 saturated carbocycles. The first-order valence-corrected chi connectivity index (χ1v) is 10.7. The summed E-state index contributed by atoms with van der Waals surface area (Å²) in [6.45, 7) is 0. The van der Waals surface area contributed by atoms with Gasteiger partial charge in [0.05, 0.1) is 0 Å². The van der Waals surface area contributed by atoms with E-state index in [1.54, 1.807) is 0 Å². The van der Waals surface area contributed by atoms with Crippen LogP contribution in [-0.4, -0.2) is 22.8 Å². The smallest absolute Gasteiger partial charge is 0.255 e. The van der Waals surface area contributed by atoms with Gasteiger partial charge in [0.15, 0.2) is 0 Å². The lowest BCUT2D eigenvalue weighted by Gasteiger charge is -2.13. The van der Waals surface area contributed by atoms with Crippen LogP contribution in [0.5, 0.6) is 5.75 Å². The van der Waals surface area contributed by atoms with Crippen molar-refractivity contribution < 1.29 is 28.3 Å². The van der Waals surface area contributed by atoms with Crippen molar-refractivity contribution in [3.8, 4) is 5.75 Å². The third-order valence-electron chi connectivity index (χ3n) is 5.05. The molecule has 0 saturated heterocycles. The Morgan fingerprint density at radius 2 is 0.889 bits per heavy atom. The average molecular weight is 487 g/mol. The molecule has 0 aliphatic heterocycles. The van der Waals surface area contributed by atoms with Gasteiger partial charge in [-0.15, -0.1) is 0 Å². The van der Waals surface area contributed by atoms with Crippen molar-refractivity contribution in [2.24, 2.45) is 0 Å². The predicted molar refractivity (Wildman–Crippen MR) is 131 cm³/mol. The van der Waals surface area contributed by atoms with E-state index < -0.39 is 29.4 Å². The summed E-state index contributed by atoms with van der Waals surface area (Å²) in [6, 6.07) is 19.9. The summed E-state index contributed by atoms with van der Waals surface area (Å²) in [5.74, 6) is -2.61. The summed E-state index contributed by atoms with van der Waals surface area (Å²) < 4.78 is 26.4. The number of aromatic hydroxyl groups is 1. The molecular formula is C27H19F2N3O4. The number of benzene rings is 4. The topological polar surface area (TPSA) is 108 Å². The zero-order valence-electron chi connectivity index (χ0n) is 18.6. The lowest BCUT2D eigenvalue weighted by molar-refractivity contribution is 0.101. The zero-order valence-corrected chi connectivity index (χ0v) is 18.6. The number of amides is 3. The van der Waals surface area contributed by atoms with Crippen LogP contribution < -0.4 is 16.0 Å². The molecule has 4 aromatic carbocycles. The quantitative estimate of drug-likeness (QED) is 0.272. The van der Waals surface area contributed by atoms with Crippen LogP contribution in [0.15, 0.2) is 91.0 Å². The summed E-state index contributed by atoms with van der Waals surface area (Å²) in [5, 5.41) is 17.4. The van der Waals surface area contributed by atoms with E-state index in [0.29, 0.717) is 5.69 Å². The van der Waals surface area contributed by atoms with Gasteiger partial charge in [-0.05, 0) is 91.0 Å². The molecule has 4 aromatic rings. The number of nitrogens with one attached hydrogen (secondary N) is 3. The largest absolute Gasteiger partial charge is 0.508 e. The highest BCUT2D eigenvalue weighted by molar-refractivity contribution is 6.10. The van der Waals surface area contributed by atoms with Gasteiger partial charge < -0.3 is 21.1 Å². The third kappa shape index (κ3) is 6.09. The van der Waals surface area contributed by atoms with Crippen LogP contribution >= 0.6 is 0 Å². The molecule has 4 rings (SSSR count). The molecule has 0 unspecified atom stereocenters. The van der Waals surface area contributed by atoms with Gasteiger partial charge in [-0.25, -0.2) is 8.78 Å². The maximum Gasteiger partial charge on any atom is 0.255 e.